The lowest BCUT2D eigenvalue weighted by Gasteiger charge is -2.26. The fraction of sp³-hybridized carbons (Fsp3) is 0.538. The van der Waals surface area contributed by atoms with E-state index >= 15 is 0 Å². The lowest BCUT2D eigenvalue weighted by atomic mass is 10.1. The van der Waals surface area contributed by atoms with Crippen LogP contribution in [-0.4, -0.2) is 26.0 Å². The number of nitrogens with one attached hydrogen (secondary N) is 1. The predicted octanol–water partition coefficient (Wildman–Crippen LogP) is 2.68. The summed E-state index contributed by atoms with van der Waals surface area (Å²) < 4.78 is 24.2. The molecule has 5 heteroatoms. The Kier molecular flexibility index (Phi) is 4.45. The first-order valence-corrected chi connectivity index (χ1v) is 8.80. The molecule has 1 aromatic rings. The summed E-state index contributed by atoms with van der Waals surface area (Å²) in [6.07, 6.45) is 1.71. The Bertz CT molecular complexity index is 515. The quantitative estimate of drug-likeness (QED) is 0.926. The van der Waals surface area contributed by atoms with Crippen LogP contribution >= 0.6 is 15.9 Å². The minimum atomic E-state index is -2.84. The zero-order valence-corrected chi connectivity index (χ0v) is 12.8. The summed E-state index contributed by atoms with van der Waals surface area (Å²) in [7, 11) is -2.84. The predicted molar refractivity (Wildman–Crippen MR) is 77.4 cm³/mol. The number of benzene rings is 1. The van der Waals surface area contributed by atoms with Crippen LogP contribution in [-0.2, 0) is 9.84 Å². The summed E-state index contributed by atoms with van der Waals surface area (Å²) in [5.74, 6) is 0.613. The molecular formula is C13H18BrNO2S. The van der Waals surface area contributed by atoms with E-state index in [4.69, 9.17) is 0 Å². The average molecular weight is 332 g/mol. The third-order valence-corrected chi connectivity index (χ3v) is 5.61. The fourth-order valence-electron chi connectivity index (χ4n) is 2.38. The van der Waals surface area contributed by atoms with Crippen LogP contribution < -0.4 is 5.32 Å². The second kappa shape index (κ2) is 5.72. The normalized spacial score (nSPS) is 24.7. The van der Waals surface area contributed by atoms with E-state index in [0.717, 1.165) is 17.3 Å². The van der Waals surface area contributed by atoms with Gasteiger partial charge in [0.2, 0.25) is 0 Å². The molecule has 0 amide bonds. The second-order valence-corrected chi connectivity index (χ2v) is 8.04. The molecule has 1 heterocycles. The molecule has 1 aliphatic heterocycles. The lowest BCUT2D eigenvalue weighted by Crippen LogP contribution is -2.41. The maximum absolute atomic E-state index is 11.6. The standard InChI is InChI=1S/C13H18BrNO2S/c1-10(11-4-2-5-12(14)8-11)15-13-6-3-7-18(16,17)9-13/h2,4-5,8,10,13,15H,3,6-7,9H2,1H3/t10-,13?/m0/s1. The van der Waals surface area contributed by atoms with Crippen molar-refractivity contribution in [2.45, 2.75) is 31.8 Å². The minimum absolute atomic E-state index is 0.0812. The number of rotatable bonds is 3. The highest BCUT2D eigenvalue weighted by molar-refractivity contribution is 9.10. The monoisotopic (exact) mass is 331 g/mol. The zero-order chi connectivity index (χ0) is 13.2. The first-order chi connectivity index (χ1) is 8.46. The summed E-state index contributed by atoms with van der Waals surface area (Å²) >= 11 is 3.45. The highest BCUT2D eigenvalue weighted by Crippen LogP contribution is 2.20. The number of hydrogen-bond acceptors (Lipinski definition) is 3. The van der Waals surface area contributed by atoms with E-state index in [1.165, 1.54) is 5.56 Å². The molecule has 1 N–H and O–H groups in total. The smallest absolute Gasteiger partial charge is 0.151 e. The molecule has 3 nitrogen and oxygen atoms in total. The van der Waals surface area contributed by atoms with Gasteiger partial charge in [-0.3, -0.25) is 0 Å². The highest BCUT2D eigenvalue weighted by atomic mass is 79.9. The highest BCUT2D eigenvalue weighted by Gasteiger charge is 2.25. The van der Waals surface area contributed by atoms with E-state index in [0.29, 0.717) is 5.75 Å². The van der Waals surface area contributed by atoms with Crippen LogP contribution in [0.3, 0.4) is 0 Å². The van der Waals surface area contributed by atoms with Crippen LogP contribution in [0.2, 0.25) is 0 Å². The summed E-state index contributed by atoms with van der Waals surface area (Å²) in [5, 5.41) is 3.42. The van der Waals surface area contributed by atoms with Crippen molar-refractivity contribution in [1.82, 2.24) is 5.32 Å². The van der Waals surface area contributed by atoms with E-state index in [2.05, 4.69) is 40.3 Å². The third-order valence-electron chi connectivity index (χ3n) is 3.30. The summed E-state index contributed by atoms with van der Waals surface area (Å²) in [5.41, 5.74) is 1.17. The van der Waals surface area contributed by atoms with E-state index in [1.807, 2.05) is 12.1 Å². The molecule has 0 radical (unpaired) electrons. The molecular weight excluding hydrogens is 314 g/mol. The average Bonchev–Trinajstić information content (AvgIpc) is 2.27. The largest absolute Gasteiger partial charge is 0.306 e. The van der Waals surface area contributed by atoms with Gasteiger partial charge in [0.15, 0.2) is 9.84 Å². The van der Waals surface area contributed by atoms with Gasteiger partial charge in [-0.1, -0.05) is 28.1 Å². The van der Waals surface area contributed by atoms with Gasteiger partial charge in [0.1, 0.15) is 0 Å². The Labute approximate surface area is 117 Å². The first-order valence-electron chi connectivity index (χ1n) is 6.18. The molecule has 2 rings (SSSR count). The summed E-state index contributed by atoms with van der Waals surface area (Å²) in [6.45, 7) is 2.07. The first kappa shape index (κ1) is 14.0. The van der Waals surface area contributed by atoms with Crippen LogP contribution in [0.25, 0.3) is 0 Å². The SMILES string of the molecule is C[C@H](NC1CCCS(=O)(=O)C1)c1cccc(Br)c1. The molecule has 1 saturated heterocycles. The molecule has 0 aromatic heterocycles. The van der Waals surface area contributed by atoms with Crippen molar-refractivity contribution in [1.29, 1.82) is 0 Å². The van der Waals surface area contributed by atoms with Crippen LogP contribution in [0, 0.1) is 0 Å². The summed E-state index contributed by atoms with van der Waals surface area (Å²) in [6, 6.07) is 8.35. The topological polar surface area (TPSA) is 46.2 Å². The van der Waals surface area contributed by atoms with Gasteiger partial charge in [-0.05, 0) is 37.5 Å². The van der Waals surface area contributed by atoms with Crippen molar-refractivity contribution < 1.29 is 8.42 Å². The molecule has 100 valence electrons. The number of hydrogen-bond donors (Lipinski definition) is 1. The molecule has 0 bridgehead atoms. The Morgan fingerprint density at radius 2 is 2.22 bits per heavy atom. The zero-order valence-electron chi connectivity index (χ0n) is 10.4. The third kappa shape index (κ3) is 3.80. The van der Waals surface area contributed by atoms with Crippen molar-refractivity contribution in [3.05, 3.63) is 34.3 Å². The minimum Gasteiger partial charge on any atom is -0.306 e. The molecule has 18 heavy (non-hydrogen) atoms. The molecule has 0 saturated carbocycles. The van der Waals surface area contributed by atoms with Crippen LogP contribution in [0.15, 0.2) is 28.7 Å². The Morgan fingerprint density at radius 1 is 1.44 bits per heavy atom. The van der Waals surface area contributed by atoms with Gasteiger partial charge in [-0.2, -0.15) is 0 Å². The van der Waals surface area contributed by atoms with Gasteiger partial charge in [0.05, 0.1) is 11.5 Å². The molecule has 1 fully saturated rings. The fourth-order valence-corrected chi connectivity index (χ4v) is 4.45. The van der Waals surface area contributed by atoms with Crippen LogP contribution in [0.4, 0.5) is 0 Å². The van der Waals surface area contributed by atoms with Crippen LogP contribution in [0.5, 0.6) is 0 Å². The Hall–Kier alpha value is -0.390. The Morgan fingerprint density at radius 3 is 2.89 bits per heavy atom. The van der Waals surface area contributed by atoms with E-state index in [1.54, 1.807) is 0 Å². The molecule has 0 spiro atoms. The van der Waals surface area contributed by atoms with E-state index < -0.39 is 9.84 Å². The lowest BCUT2D eigenvalue weighted by molar-refractivity contribution is 0.437. The maximum Gasteiger partial charge on any atom is 0.151 e. The van der Waals surface area contributed by atoms with Crippen molar-refractivity contribution in [2.75, 3.05) is 11.5 Å². The van der Waals surface area contributed by atoms with Crippen LogP contribution in [0.1, 0.15) is 31.4 Å². The number of sulfone groups is 1. The van der Waals surface area contributed by atoms with E-state index in [9.17, 15) is 8.42 Å². The van der Waals surface area contributed by atoms with Crippen molar-refractivity contribution in [2.24, 2.45) is 0 Å². The maximum atomic E-state index is 11.6. The molecule has 2 atom stereocenters. The molecule has 1 aromatic carbocycles. The second-order valence-electron chi connectivity index (χ2n) is 4.90. The van der Waals surface area contributed by atoms with Gasteiger partial charge in [0.25, 0.3) is 0 Å². The Balaban J connectivity index is 2.01. The van der Waals surface area contributed by atoms with Crippen molar-refractivity contribution >= 4 is 25.8 Å². The van der Waals surface area contributed by atoms with Crippen molar-refractivity contribution in [3.8, 4) is 0 Å². The van der Waals surface area contributed by atoms with E-state index in [-0.39, 0.29) is 17.8 Å². The van der Waals surface area contributed by atoms with Gasteiger partial charge >= 0.3 is 0 Å². The van der Waals surface area contributed by atoms with Crippen molar-refractivity contribution in [3.63, 3.8) is 0 Å². The number of halogens is 1. The summed E-state index contributed by atoms with van der Waals surface area (Å²) in [4.78, 5) is 0. The van der Waals surface area contributed by atoms with Gasteiger partial charge in [-0.15, -0.1) is 0 Å². The van der Waals surface area contributed by atoms with Gasteiger partial charge in [-0.25, -0.2) is 8.42 Å². The van der Waals surface area contributed by atoms with Gasteiger partial charge in [0, 0.05) is 16.6 Å². The van der Waals surface area contributed by atoms with Gasteiger partial charge < -0.3 is 5.32 Å². The molecule has 0 aliphatic carbocycles. The molecule has 1 aliphatic rings. The molecule has 1 unspecified atom stereocenters.